The van der Waals surface area contributed by atoms with Gasteiger partial charge in [-0.15, -0.1) is 0 Å². The largest absolute Gasteiger partial charge is 0.493 e. The van der Waals surface area contributed by atoms with Crippen LogP contribution >= 0.6 is 0 Å². The number of nitrogens with two attached hydrogens (primary N) is 1. The van der Waals surface area contributed by atoms with Gasteiger partial charge in [0.1, 0.15) is 5.75 Å². The number of para-hydroxylation sites is 1. The molecule has 3 heteroatoms. The number of aromatic nitrogens is 1. The number of ether oxygens (including phenoxy) is 1. The lowest BCUT2D eigenvalue weighted by Gasteiger charge is -2.30. The van der Waals surface area contributed by atoms with Gasteiger partial charge in [0.25, 0.3) is 0 Å². The molecule has 2 N–H and O–H groups in total. The van der Waals surface area contributed by atoms with Crippen LogP contribution in [0.4, 0.5) is 0 Å². The van der Waals surface area contributed by atoms with Crippen molar-refractivity contribution in [2.45, 2.75) is 24.8 Å². The molecule has 1 aromatic carbocycles. The summed E-state index contributed by atoms with van der Waals surface area (Å²) in [5.74, 6) is 1.35. The Hall–Kier alpha value is -1.87. The Kier molecular flexibility index (Phi) is 3.47. The smallest absolute Gasteiger partial charge is 0.122 e. The molecule has 2 heterocycles. The molecule has 2 unspecified atom stereocenters. The van der Waals surface area contributed by atoms with E-state index in [-0.39, 0.29) is 6.04 Å². The van der Waals surface area contributed by atoms with Gasteiger partial charge in [-0.1, -0.05) is 24.3 Å². The predicted molar refractivity (Wildman–Crippen MR) is 75.2 cm³/mol. The molecule has 19 heavy (non-hydrogen) atoms. The number of hydrogen-bond donors (Lipinski definition) is 1. The summed E-state index contributed by atoms with van der Waals surface area (Å²) in [5.41, 5.74) is 8.85. The van der Waals surface area contributed by atoms with Gasteiger partial charge in [0.2, 0.25) is 0 Å². The van der Waals surface area contributed by atoms with Crippen LogP contribution in [0.15, 0.2) is 48.8 Å². The molecule has 0 saturated heterocycles. The molecule has 1 aliphatic rings. The fourth-order valence-corrected chi connectivity index (χ4v) is 2.75. The van der Waals surface area contributed by atoms with Gasteiger partial charge in [-0.3, -0.25) is 4.98 Å². The van der Waals surface area contributed by atoms with Crippen molar-refractivity contribution >= 4 is 0 Å². The number of benzene rings is 1. The second-order valence-corrected chi connectivity index (χ2v) is 5.01. The quantitative estimate of drug-likeness (QED) is 0.915. The molecule has 3 nitrogen and oxygen atoms in total. The maximum atomic E-state index is 6.41. The standard InChI is InChI=1S/C16H18N2O/c17-15(10-12-4-3-8-18-11-12)13-7-9-19-16-6-2-1-5-14(13)16/h1-6,8,11,13,15H,7,9-10,17H2. The number of nitrogens with zero attached hydrogens (tertiary/aromatic N) is 1. The third kappa shape index (κ3) is 2.61. The summed E-state index contributed by atoms with van der Waals surface area (Å²) in [6.45, 7) is 0.752. The molecule has 1 aromatic heterocycles. The van der Waals surface area contributed by atoms with Crippen LogP contribution in [0.1, 0.15) is 23.5 Å². The zero-order valence-corrected chi connectivity index (χ0v) is 10.8. The minimum atomic E-state index is 0.106. The van der Waals surface area contributed by atoms with Crippen LogP contribution in [-0.2, 0) is 6.42 Å². The van der Waals surface area contributed by atoms with Crippen molar-refractivity contribution in [3.63, 3.8) is 0 Å². The second kappa shape index (κ2) is 5.41. The first-order valence-corrected chi connectivity index (χ1v) is 6.71. The van der Waals surface area contributed by atoms with Crippen LogP contribution < -0.4 is 10.5 Å². The van der Waals surface area contributed by atoms with E-state index < -0.39 is 0 Å². The maximum Gasteiger partial charge on any atom is 0.122 e. The third-order valence-electron chi connectivity index (χ3n) is 3.72. The molecule has 2 atom stereocenters. The van der Waals surface area contributed by atoms with Gasteiger partial charge < -0.3 is 10.5 Å². The molecule has 98 valence electrons. The van der Waals surface area contributed by atoms with Crippen LogP contribution in [0.5, 0.6) is 5.75 Å². The molecule has 0 fully saturated rings. The van der Waals surface area contributed by atoms with E-state index in [9.17, 15) is 0 Å². The van der Waals surface area contributed by atoms with E-state index in [0.29, 0.717) is 5.92 Å². The summed E-state index contributed by atoms with van der Waals surface area (Å²) in [6, 6.07) is 12.4. The number of pyridine rings is 1. The first kappa shape index (κ1) is 12.2. The molecule has 0 radical (unpaired) electrons. The number of hydrogen-bond acceptors (Lipinski definition) is 3. The van der Waals surface area contributed by atoms with Crippen molar-refractivity contribution in [2.75, 3.05) is 6.61 Å². The maximum absolute atomic E-state index is 6.41. The Morgan fingerprint density at radius 3 is 3.00 bits per heavy atom. The number of rotatable bonds is 3. The van der Waals surface area contributed by atoms with Crippen molar-refractivity contribution in [2.24, 2.45) is 5.73 Å². The molecule has 2 aromatic rings. The monoisotopic (exact) mass is 254 g/mol. The van der Waals surface area contributed by atoms with Crippen LogP contribution in [0, 0.1) is 0 Å². The van der Waals surface area contributed by atoms with E-state index in [1.54, 1.807) is 6.20 Å². The van der Waals surface area contributed by atoms with Crippen molar-refractivity contribution in [1.82, 2.24) is 4.98 Å². The van der Waals surface area contributed by atoms with Gasteiger partial charge in [-0.2, -0.15) is 0 Å². The molecule has 0 saturated carbocycles. The van der Waals surface area contributed by atoms with Crippen LogP contribution in [-0.4, -0.2) is 17.6 Å². The lowest BCUT2D eigenvalue weighted by molar-refractivity contribution is 0.254. The zero-order chi connectivity index (χ0) is 13.1. The molecule has 3 rings (SSSR count). The summed E-state index contributed by atoms with van der Waals surface area (Å²) in [6.07, 6.45) is 5.52. The SMILES string of the molecule is NC(Cc1cccnc1)C1CCOc2ccccc21. The Morgan fingerprint density at radius 2 is 2.16 bits per heavy atom. The average molecular weight is 254 g/mol. The van der Waals surface area contributed by atoms with E-state index in [4.69, 9.17) is 10.5 Å². The molecular formula is C16H18N2O. The third-order valence-corrected chi connectivity index (χ3v) is 3.72. The van der Waals surface area contributed by atoms with Gasteiger partial charge in [0.15, 0.2) is 0 Å². The summed E-state index contributed by atoms with van der Waals surface area (Å²) in [5, 5.41) is 0. The minimum Gasteiger partial charge on any atom is -0.493 e. The van der Waals surface area contributed by atoms with E-state index in [2.05, 4.69) is 23.2 Å². The van der Waals surface area contributed by atoms with E-state index in [1.807, 2.05) is 24.4 Å². The molecule has 0 bridgehead atoms. The first-order chi connectivity index (χ1) is 9.34. The van der Waals surface area contributed by atoms with Gasteiger partial charge in [-0.25, -0.2) is 0 Å². The molecule has 0 spiro atoms. The molecule has 1 aliphatic heterocycles. The highest BCUT2D eigenvalue weighted by Gasteiger charge is 2.26. The minimum absolute atomic E-state index is 0.106. The zero-order valence-electron chi connectivity index (χ0n) is 10.8. The van der Waals surface area contributed by atoms with Crippen molar-refractivity contribution < 1.29 is 4.74 Å². The van der Waals surface area contributed by atoms with Crippen molar-refractivity contribution in [3.8, 4) is 5.75 Å². The fourth-order valence-electron chi connectivity index (χ4n) is 2.75. The van der Waals surface area contributed by atoms with Crippen LogP contribution in [0.3, 0.4) is 0 Å². The first-order valence-electron chi connectivity index (χ1n) is 6.71. The summed E-state index contributed by atoms with van der Waals surface area (Å²) >= 11 is 0. The predicted octanol–water partition coefficient (Wildman–Crippen LogP) is 2.52. The second-order valence-electron chi connectivity index (χ2n) is 5.01. The Labute approximate surface area is 113 Å². The highest BCUT2D eigenvalue weighted by Crippen LogP contribution is 2.35. The molecule has 0 amide bonds. The van der Waals surface area contributed by atoms with Crippen LogP contribution in [0.2, 0.25) is 0 Å². The van der Waals surface area contributed by atoms with Gasteiger partial charge in [0.05, 0.1) is 6.61 Å². The highest BCUT2D eigenvalue weighted by atomic mass is 16.5. The fraction of sp³-hybridized carbons (Fsp3) is 0.312. The molecule has 0 aliphatic carbocycles. The van der Waals surface area contributed by atoms with Crippen LogP contribution in [0.25, 0.3) is 0 Å². The molecular weight excluding hydrogens is 236 g/mol. The topological polar surface area (TPSA) is 48.1 Å². The lowest BCUT2D eigenvalue weighted by atomic mass is 9.84. The Morgan fingerprint density at radius 1 is 1.26 bits per heavy atom. The van der Waals surface area contributed by atoms with Crippen molar-refractivity contribution in [1.29, 1.82) is 0 Å². The van der Waals surface area contributed by atoms with Gasteiger partial charge >= 0.3 is 0 Å². The number of fused-ring (bicyclic) bond motifs is 1. The van der Waals surface area contributed by atoms with Gasteiger partial charge in [0, 0.05) is 24.4 Å². The van der Waals surface area contributed by atoms with E-state index >= 15 is 0 Å². The normalized spacial score (nSPS) is 19.3. The van der Waals surface area contributed by atoms with Crippen molar-refractivity contribution in [3.05, 3.63) is 59.9 Å². The van der Waals surface area contributed by atoms with E-state index in [0.717, 1.165) is 25.2 Å². The summed E-state index contributed by atoms with van der Waals surface area (Å²) < 4.78 is 5.69. The highest BCUT2D eigenvalue weighted by molar-refractivity contribution is 5.38. The van der Waals surface area contributed by atoms with E-state index in [1.165, 1.54) is 11.1 Å². The van der Waals surface area contributed by atoms with Gasteiger partial charge in [-0.05, 0) is 36.1 Å². The lowest BCUT2D eigenvalue weighted by Crippen LogP contribution is -2.34. The Balaban J connectivity index is 1.80. The average Bonchev–Trinajstić information content (AvgIpc) is 2.47. The Bertz CT molecular complexity index is 541. The summed E-state index contributed by atoms with van der Waals surface area (Å²) in [4.78, 5) is 4.15. The summed E-state index contributed by atoms with van der Waals surface area (Å²) in [7, 11) is 0.